The Balaban J connectivity index is 3.05. The molecule has 8 heteroatoms. The second kappa shape index (κ2) is 5.39. The lowest BCUT2D eigenvalue weighted by Gasteiger charge is -2.10. The molecule has 0 saturated carbocycles. The van der Waals surface area contributed by atoms with Gasteiger partial charge in [-0.3, -0.25) is 10.1 Å². The average Bonchev–Trinajstić information content (AvgIpc) is 2.24. The van der Waals surface area contributed by atoms with Crippen LogP contribution in [-0.2, 0) is 0 Å². The van der Waals surface area contributed by atoms with Crippen molar-refractivity contribution >= 4 is 6.08 Å². The maximum atomic E-state index is 12.0. The molecule has 0 aliphatic rings. The number of hydrogen-bond acceptors (Lipinski definition) is 4. The molecule has 0 bridgehead atoms. The third-order valence-electron chi connectivity index (χ3n) is 1.81. The molecular formula is C10H8F3NO4. The van der Waals surface area contributed by atoms with Crippen molar-refractivity contribution in [2.45, 2.75) is 6.36 Å². The number of nitro groups is 1. The van der Waals surface area contributed by atoms with Gasteiger partial charge >= 0.3 is 6.36 Å². The Labute approximate surface area is 99.6 Å². The van der Waals surface area contributed by atoms with Gasteiger partial charge in [-0.25, -0.2) is 0 Å². The predicted molar refractivity (Wildman–Crippen MR) is 55.7 cm³/mol. The van der Waals surface area contributed by atoms with E-state index in [1.807, 2.05) is 0 Å². The SMILES string of the molecule is COc1ccc(OC(F)(F)F)cc1/C=C/[N+](=O)[O-]. The normalized spacial score (nSPS) is 11.6. The van der Waals surface area contributed by atoms with Crippen molar-refractivity contribution < 1.29 is 27.6 Å². The van der Waals surface area contributed by atoms with Crippen LogP contribution >= 0.6 is 0 Å². The molecule has 0 spiro atoms. The van der Waals surface area contributed by atoms with Crippen molar-refractivity contribution in [2.24, 2.45) is 0 Å². The number of nitrogens with zero attached hydrogens (tertiary/aromatic N) is 1. The lowest BCUT2D eigenvalue weighted by molar-refractivity contribution is -0.400. The monoisotopic (exact) mass is 263 g/mol. The molecule has 5 nitrogen and oxygen atoms in total. The highest BCUT2D eigenvalue weighted by Gasteiger charge is 2.31. The average molecular weight is 263 g/mol. The van der Waals surface area contributed by atoms with Gasteiger partial charge in [0.25, 0.3) is 0 Å². The molecule has 0 atom stereocenters. The Bertz CT molecular complexity index is 471. The number of benzene rings is 1. The topological polar surface area (TPSA) is 61.6 Å². The summed E-state index contributed by atoms with van der Waals surface area (Å²) in [5, 5.41) is 10.2. The van der Waals surface area contributed by atoms with Crippen LogP contribution in [0.3, 0.4) is 0 Å². The number of methoxy groups -OCH3 is 1. The summed E-state index contributed by atoms with van der Waals surface area (Å²) in [7, 11) is 1.29. The Morgan fingerprint density at radius 1 is 1.39 bits per heavy atom. The first-order chi connectivity index (χ1) is 8.31. The first-order valence-electron chi connectivity index (χ1n) is 4.57. The number of ether oxygens (including phenoxy) is 2. The number of alkyl halides is 3. The summed E-state index contributed by atoms with van der Waals surface area (Å²) in [5.41, 5.74) is 0.107. The van der Waals surface area contributed by atoms with Crippen molar-refractivity contribution in [3.8, 4) is 11.5 Å². The molecule has 0 amide bonds. The molecule has 0 N–H and O–H groups in total. The molecule has 0 aromatic heterocycles. The molecule has 0 saturated heterocycles. The minimum Gasteiger partial charge on any atom is -0.496 e. The first kappa shape index (κ1) is 13.8. The van der Waals surface area contributed by atoms with E-state index in [4.69, 9.17) is 4.74 Å². The van der Waals surface area contributed by atoms with E-state index in [1.54, 1.807) is 0 Å². The molecule has 1 rings (SSSR count). The Kier molecular flexibility index (Phi) is 4.13. The van der Waals surface area contributed by atoms with E-state index < -0.39 is 17.0 Å². The fourth-order valence-corrected chi connectivity index (χ4v) is 1.18. The molecule has 0 aliphatic carbocycles. The highest BCUT2D eigenvalue weighted by molar-refractivity contribution is 5.58. The second-order valence-electron chi connectivity index (χ2n) is 3.05. The second-order valence-corrected chi connectivity index (χ2v) is 3.05. The first-order valence-corrected chi connectivity index (χ1v) is 4.57. The van der Waals surface area contributed by atoms with Crippen LogP contribution in [0.4, 0.5) is 13.2 Å². The fourth-order valence-electron chi connectivity index (χ4n) is 1.18. The third-order valence-corrected chi connectivity index (χ3v) is 1.81. The maximum Gasteiger partial charge on any atom is 0.573 e. The van der Waals surface area contributed by atoms with Gasteiger partial charge in [0.05, 0.1) is 12.0 Å². The van der Waals surface area contributed by atoms with Gasteiger partial charge in [0, 0.05) is 11.6 Å². The van der Waals surface area contributed by atoms with Crippen molar-refractivity contribution in [3.05, 3.63) is 40.1 Å². The van der Waals surface area contributed by atoms with E-state index in [0.717, 1.165) is 18.2 Å². The van der Waals surface area contributed by atoms with E-state index in [9.17, 15) is 23.3 Å². The molecule has 1 aromatic rings. The van der Waals surface area contributed by atoms with Gasteiger partial charge < -0.3 is 9.47 Å². The van der Waals surface area contributed by atoms with Gasteiger partial charge in [0.2, 0.25) is 6.20 Å². The minimum absolute atomic E-state index is 0.107. The summed E-state index contributed by atoms with van der Waals surface area (Å²) in [6, 6.07) is 3.27. The largest absolute Gasteiger partial charge is 0.573 e. The summed E-state index contributed by atoms with van der Waals surface area (Å²) < 4.78 is 44.5. The van der Waals surface area contributed by atoms with Crippen LogP contribution in [0.5, 0.6) is 11.5 Å². The van der Waals surface area contributed by atoms with Crippen molar-refractivity contribution in [3.63, 3.8) is 0 Å². The molecule has 1 aromatic carbocycles. The van der Waals surface area contributed by atoms with E-state index in [1.165, 1.54) is 13.2 Å². The van der Waals surface area contributed by atoms with Gasteiger partial charge in [-0.1, -0.05) is 0 Å². The molecule has 0 fully saturated rings. The molecule has 0 unspecified atom stereocenters. The lowest BCUT2D eigenvalue weighted by Crippen LogP contribution is -2.17. The third kappa shape index (κ3) is 4.32. The van der Waals surface area contributed by atoms with Crippen molar-refractivity contribution in [2.75, 3.05) is 7.11 Å². The molecule has 18 heavy (non-hydrogen) atoms. The predicted octanol–water partition coefficient (Wildman–Crippen LogP) is 2.84. The van der Waals surface area contributed by atoms with E-state index in [0.29, 0.717) is 6.20 Å². The molecular weight excluding hydrogens is 255 g/mol. The summed E-state index contributed by atoms with van der Waals surface area (Å²) in [5.74, 6) is -0.283. The summed E-state index contributed by atoms with van der Waals surface area (Å²) in [4.78, 5) is 9.41. The smallest absolute Gasteiger partial charge is 0.496 e. The molecule has 0 aliphatic heterocycles. The van der Waals surface area contributed by atoms with Crippen LogP contribution in [0, 0.1) is 10.1 Å². The maximum absolute atomic E-state index is 12.0. The van der Waals surface area contributed by atoms with Crippen molar-refractivity contribution in [1.29, 1.82) is 0 Å². The Morgan fingerprint density at radius 2 is 2.06 bits per heavy atom. The number of rotatable bonds is 4. The van der Waals surface area contributed by atoms with Crippen LogP contribution in [0.15, 0.2) is 24.4 Å². The highest BCUT2D eigenvalue weighted by Crippen LogP contribution is 2.29. The molecule has 0 radical (unpaired) electrons. The van der Waals surface area contributed by atoms with Crippen LogP contribution in [0.2, 0.25) is 0 Å². The van der Waals surface area contributed by atoms with Gasteiger partial charge in [0.15, 0.2) is 0 Å². The highest BCUT2D eigenvalue weighted by atomic mass is 19.4. The lowest BCUT2D eigenvalue weighted by atomic mass is 10.2. The number of hydrogen-bond donors (Lipinski definition) is 0. The van der Waals surface area contributed by atoms with Gasteiger partial charge in [-0.15, -0.1) is 13.2 Å². The van der Waals surface area contributed by atoms with Crippen LogP contribution in [0.25, 0.3) is 6.08 Å². The van der Waals surface area contributed by atoms with Crippen molar-refractivity contribution in [1.82, 2.24) is 0 Å². The zero-order chi connectivity index (χ0) is 13.8. The number of halogens is 3. The minimum atomic E-state index is -4.82. The van der Waals surface area contributed by atoms with Crippen LogP contribution in [-0.4, -0.2) is 18.4 Å². The summed E-state index contributed by atoms with van der Waals surface area (Å²) in [6.45, 7) is 0. The van der Waals surface area contributed by atoms with Crippen LogP contribution < -0.4 is 9.47 Å². The quantitative estimate of drug-likeness (QED) is 0.619. The van der Waals surface area contributed by atoms with Gasteiger partial charge in [-0.2, -0.15) is 0 Å². The van der Waals surface area contributed by atoms with E-state index in [2.05, 4.69) is 4.74 Å². The van der Waals surface area contributed by atoms with E-state index >= 15 is 0 Å². The van der Waals surface area contributed by atoms with Gasteiger partial charge in [0.1, 0.15) is 11.5 Å². The summed E-state index contributed by atoms with van der Waals surface area (Å²) in [6.07, 6.45) is -3.21. The van der Waals surface area contributed by atoms with E-state index in [-0.39, 0.29) is 11.3 Å². The molecule has 98 valence electrons. The zero-order valence-corrected chi connectivity index (χ0v) is 9.10. The Morgan fingerprint density at radius 3 is 2.56 bits per heavy atom. The molecule has 0 heterocycles. The standard InChI is InChI=1S/C10H8F3NO4/c1-17-9-3-2-8(18-10(11,12)13)6-7(9)4-5-14(15)16/h2-6H,1H3/b5-4+. The van der Waals surface area contributed by atoms with Gasteiger partial charge in [-0.05, 0) is 18.2 Å². The Hall–Kier alpha value is -2.25. The summed E-state index contributed by atoms with van der Waals surface area (Å²) >= 11 is 0. The van der Waals surface area contributed by atoms with Crippen LogP contribution in [0.1, 0.15) is 5.56 Å². The zero-order valence-electron chi connectivity index (χ0n) is 9.10. The fraction of sp³-hybridized carbons (Fsp3) is 0.200.